The zero-order chi connectivity index (χ0) is 22.2. The van der Waals surface area contributed by atoms with Crippen molar-refractivity contribution in [3.63, 3.8) is 0 Å². The summed E-state index contributed by atoms with van der Waals surface area (Å²) in [5.41, 5.74) is 0.925. The number of alkyl carbamates (subject to hydrolysis) is 1. The lowest BCUT2D eigenvalue weighted by Gasteiger charge is -2.43. The van der Waals surface area contributed by atoms with Crippen molar-refractivity contribution in [1.82, 2.24) is 20.0 Å². The van der Waals surface area contributed by atoms with Crippen LogP contribution >= 0.6 is 0 Å². The summed E-state index contributed by atoms with van der Waals surface area (Å²) in [5.74, 6) is 0.0493. The van der Waals surface area contributed by atoms with Crippen LogP contribution in [0.4, 0.5) is 4.79 Å². The zero-order valence-electron chi connectivity index (χ0n) is 19.3. The Morgan fingerprint density at radius 1 is 1.13 bits per heavy atom. The number of carbonyl (C=O) groups is 2. The summed E-state index contributed by atoms with van der Waals surface area (Å²) in [6.45, 7) is 9.76. The lowest BCUT2D eigenvalue weighted by atomic mass is 9.97. The van der Waals surface area contributed by atoms with E-state index < -0.39 is 12.1 Å². The van der Waals surface area contributed by atoms with Crippen molar-refractivity contribution in [2.24, 2.45) is 5.92 Å². The molecular weight excluding hydrogens is 392 g/mol. The SMILES string of the molecule is CC[C@H](C)[C@H](NC(=O)OCc1ccccc1)C(=O)N1CCN(C2CCCN(C)C2)CC1. The van der Waals surface area contributed by atoms with Gasteiger partial charge in [-0.05, 0) is 37.9 Å². The van der Waals surface area contributed by atoms with Crippen molar-refractivity contribution in [2.45, 2.75) is 51.8 Å². The molecule has 0 aliphatic carbocycles. The third-order valence-electron chi connectivity index (χ3n) is 6.71. The normalized spacial score (nSPS) is 22.5. The molecule has 2 aliphatic heterocycles. The molecule has 3 atom stereocenters. The molecule has 172 valence electrons. The highest BCUT2D eigenvalue weighted by molar-refractivity contribution is 5.86. The summed E-state index contributed by atoms with van der Waals surface area (Å²) < 4.78 is 5.36. The maximum absolute atomic E-state index is 13.3. The molecule has 2 heterocycles. The van der Waals surface area contributed by atoms with Gasteiger partial charge in [-0.1, -0.05) is 50.6 Å². The second-order valence-electron chi connectivity index (χ2n) is 8.99. The monoisotopic (exact) mass is 430 g/mol. The van der Waals surface area contributed by atoms with Crippen molar-refractivity contribution in [3.8, 4) is 0 Å². The Labute approximate surface area is 186 Å². The van der Waals surface area contributed by atoms with Crippen LogP contribution in [-0.4, -0.2) is 85.1 Å². The summed E-state index contributed by atoms with van der Waals surface area (Å²) in [5, 5.41) is 2.84. The highest BCUT2D eigenvalue weighted by Gasteiger charge is 2.34. The lowest BCUT2D eigenvalue weighted by Crippen LogP contribution is -2.59. The van der Waals surface area contributed by atoms with Gasteiger partial charge in [-0.2, -0.15) is 0 Å². The minimum Gasteiger partial charge on any atom is -0.445 e. The molecule has 1 N–H and O–H groups in total. The predicted molar refractivity (Wildman–Crippen MR) is 122 cm³/mol. The van der Waals surface area contributed by atoms with Crippen molar-refractivity contribution in [2.75, 3.05) is 46.3 Å². The average molecular weight is 431 g/mol. The predicted octanol–water partition coefficient (Wildman–Crippen LogP) is 2.57. The molecule has 2 fully saturated rings. The van der Waals surface area contributed by atoms with Crippen molar-refractivity contribution < 1.29 is 14.3 Å². The van der Waals surface area contributed by atoms with E-state index in [1.165, 1.54) is 19.4 Å². The molecule has 0 bridgehead atoms. The molecule has 0 saturated carbocycles. The fourth-order valence-corrected chi connectivity index (χ4v) is 4.52. The van der Waals surface area contributed by atoms with Gasteiger partial charge in [0.1, 0.15) is 12.6 Å². The summed E-state index contributed by atoms with van der Waals surface area (Å²) in [7, 11) is 2.19. The number of carbonyl (C=O) groups excluding carboxylic acids is 2. The molecule has 1 unspecified atom stereocenters. The van der Waals surface area contributed by atoms with Gasteiger partial charge < -0.3 is 19.9 Å². The Morgan fingerprint density at radius 2 is 1.84 bits per heavy atom. The maximum atomic E-state index is 13.3. The minimum absolute atomic E-state index is 0.00595. The molecule has 31 heavy (non-hydrogen) atoms. The van der Waals surface area contributed by atoms with E-state index in [2.05, 4.69) is 22.2 Å². The molecule has 0 aromatic heterocycles. The number of hydrogen-bond donors (Lipinski definition) is 1. The number of likely N-dealkylation sites (tertiary alicyclic amines) is 1. The van der Waals surface area contributed by atoms with Crippen LogP contribution in [0.15, 0.2) is 30.3 Å². The van der Waals surface area contributed by atoms with Crippen LogP contribution in [0.25, 0.3) is 0 Å². The van der Waals surface area contributed by atoms with E-state index in [0.29, 0.717) is 19.1 Å². The van der Waals surface area contributed by atoms with E-state index in [1.54, 1.807) is 0 Å². The average Bonchev–Trinajstić information content (AvgIpc) is 2.81. The Hall–Kier alpha value is -2.12. The van der Waals surface area contributed by atoms with Gasteiger partial charge in [0.05, 0.1) is 0 Å². The van der Waals surface area contributed by atoms with Gasteiger partial charge in [0.15, 0.2) is 0 Å². The second-order valence-corrected chi connectivity index (χ2v) is 8.99. The first kappa shape index (κ1) is 23.5. The van der Waals surface area contributed by atoms with Crippen LogP contribution in [0.3, 0.4) is 0 Å². The van der Waals surface area contributed by atoms with Gasteiger partial charge in [0, 0.05) is 38.8 Å². The van der Waals surface area contributed by atoms with Crippen molar-refractivity contribution in [1.29, 1.82) is 0 Å². The second kappa shape index (κ2) is 11.5. The molecule has 7 nitrogen and oxygen atoms in total. The van der Waals surface area contributed by atoms with Gasteiger partial charge in [-0.15, -0.1) is 0 Å². The Morgan fingerprint density at radius 3 is 2.48 bits per heavy atom. The van der Waals surface area contributed by atoms with Crippen molar-refractivity contribution >= 4 is 12.0 Å². The van der Waals surface area contributed by atoms with Crippen LogP contribution in [0.2, 0.25) is 0 Å². The Kier molecular flexibility index (Phi) is 8.72. The molecule has 2 saturated heterocycles. The summed E-state index contributed by atoms with van der Waals surface area (Å²) >= 11 is 0. The van der Waals surface area contributed by atoms with E-state index in [4.69, 9.17) is 4.74 Å². The smallest absolute Gasteiger partial charge is 0.408 e. The number of ether oxygens (including phenoxy) is 1. The Balaban J connectivity index is 1.51. The van der Waals surface area contributed by atoms with Crippen LogP contribution < -0.4 is 5.32 Å². The summed E-state index contributed by atoms with van der Waals surface area (Å²) in [4.78, 5) is 32.5. The number of piperazine rings is 1. The van der Waals surface area contributed by atoms with E-state index in [9.17, 15) is 9.59 Å². The van der Waals surface area contributed by atoms with Crippen LogP contribution in [0.5, 0.6) is 0 Å². The van der Waals surface area contributed by atoms with E-state index in [0.717, 1.165) is 31.6 Å². The van der Waals surface area contributed by atoms with Crippen LogP contribution in [0, 0.1) is 5.92 Å². The fourth-order valence-electron chi connectivity index (χ4n) is 4.52. The van der Waals surface area contributed by atoms with E-state index >= 15 is 0 Å². The van der Waals surface area contributed by atoms with Crippen LogP contribution in [0.1, 0.15) is 38.7 Å². The molecular formula is C24H38N4O3. The minimum atomic E-state index is -0.555. The number of amides is 2. The summed E-state index contributed by atoms with van der Waals surface area (Å²) in [6.07, 6.45) is 2.75. The number of hydrogen-bond acceptors (Lipinski definition) is 5. The van der Waals surface area contributed by atoms with Gasteiger partial charge in [-0.3, -0.25) is 9.69 Å². The molecule has 1 aromatic rings. The number of benzene rings is 1. The maximum Gasteiger partial charge on any atom is 0.408 e. The van der Waals surface area contributed by atoms with Gasteiger partial charge in [-0.25, -0.2) is 4.79 Å². The van der Waals surface area contributed by atoms with Gasteiger partial charge >= 0.3 is 6.09 Å². The molecule has 2 amide bonds. The first-order valence-corrected chi connectivity index (χ1v) is 11.7. The number of nitrogens with one attached hydrogen (secondary N) is 1. The Bertz CT molecular complexity index is 706. The fraction of sp³-hybridized carbons (Fsp3) is 0.667. The molecule has 0 radical (unpaired) electrons. The quantitative estimate of drug-likeness (QED) is 0.720. The van der Waals surface area contributed by atoms with E-state index in [-0.39, 0.29) is 18.4 Å². The largest absolute Gasteiger partial charge is 0.445 e. The standard InChI is InChI=1S/C24H38N4O3/c1-4-19(2)22(25-24(30)31-18-20-9-6-5-7-10-20)23(29)28-15-13-27(14-16-28)21-11-8-12-26(3)17-21/h5-7,9-10,19,21-22H,4,8,11-18H2,1-3H3,(H,25,30)/t19-,21?,22-/m0/s1. The third kappa shape index (κ3) is 6.68. The number of nitrogens with zero attached hydrogens (tertiary/aromatic N) is 3. The number of piperidine rings is 1. The first-order valence-electron chi connectivity index (χ1n) is 11.7. The first-order chi connectivity index (χ1) is 15.0. The van der Waals surface area contributed by atoms with Crippen molar-refractivity contribution in [3.05, 3.63) is 35.9 Å². The molecule has 2 aliphatic rings. The van der Waals surface area contributed by atoms with Gasteiger partial charge in [0.2, 0.25) is 5.91 Å². The van der Waals surface area contributed by atoms with E-state index in [1.807, 2.05) is 49.1 Å². The summed E-state index contributed by atoms with van der Waals surface area (Å²) in [6, 6.07) is 9.60. The number of likely N-dealkylation sites (N-methyl/N-ethyl adjacent to an activating group) is 1. The lowest BCUT2D eigenvalue weighted by molar-refractivity contribution is -0.137. The highest BCUT2D eigenvalue weighted by Crippen LogP contribution is 2.18. The molecule has 0 spiro atoms. The molecule has 3 rings (SSSR count). The zero-order valence-corrected chi connectivity index (χ0v) is 19.3. The van der Waals surface area contributed by atoms with Gasteiger partial charge in [0.25, 0.3) is 0 Å². The topological polar surface area (TPSA) is 65.1 Å². The van der Waals surface area contributed by atoms with Crippen LogP contribution in [-0.2, 0) is 16.1 Å². The third-order valence-corrected chi connectivity index (χ3v) is 6.71. The molecule has 7 heteroatoms. The molecule has 1 aromatic carbocycles. The highest BCUT2D eigenvalue weighted by atomic mass is 16.5. The number of rotatable bonds is 7.